The van der Waals surface area contributed by atoms with Gasteiger partial charge in [0, 0.05) is 23.6 Å². The number of carbonyl (C=O) groups is 3. The minimum Gasteiger partial charge on any atom is -0.449 e. The Morgan fingerprint density at radius 3 is 2.33 bits per heavy atom. The van der Waals surface area contributed by atoms with Crippen LogP contribution >= 0.6 is 0 Å². The Labute approximate surface area is 155 Å². The van der Waals surface area contributed by atoms with Crippen LogP contribution in [0, 0.1) is 6.92 Å². The first-order valence-corrected chi connectivity index (χ1v) is 8.28. The van der Waals surface area contributed by atoms with Gasteiger partial charge in [-0.2, -0.15) is 0 Å². The lowest BCUT2D eigenvalue weighted by molar-refractivity contribution is -0.129. The highest BCUT2D eigenvalue weighted by molar-refractivity contribution is 6.00. The molecule has 0 saturated heterocycles. The van der Waals surface area contributed by atoms with E-state index in [-0.39, 0.29) is 5.76 Å². The van der Waals surface area contributed by atoms with Crippen molar-refractivity contribution in [2.75, 3.05) is 7.05 Å². The predicted octanol–water partition coefficient (Wildman–Crippen LogP) is 3.09. The molecule has 0 radical (unpaired) electrons. The topological polar surface area (TPSA) is 97.6 Å². The minimum atomic E-state index is -1.30. The van der Waals surface area contributed by atoms with E-state index in [1.54, 1.807) is 49.4 Å². The Morgan fingerprint density at radius 2 is 1.67 bits per heavy atom. The lowest BCUT2D eigenvalue weighted by atomic mass is 10.1. The molecular weight excluding hydrogens is 348 g/mol. The van der Waals surface area contributed by atoms with Crippen LogP contribution in [0.4, 0.5) is 4.79 Å². The molecule has 1 heterocycles. The maximum atomic E-state index is 12.7. The largest absolute Gasteiger partial charge is 0.449 e. The summed E-state index contributed by atoms with van der Waals surface area (Å²) in [5.41, 5.74) is 1.60. The van der Waals surface area contributed by atoms with Crippen molar-refractivity contribution >= 4 is 28.9 Å². The molecule has 7 heteroatoms. The molecule has 0 saturated carbocycles. The molecule has 0 spiro atoms. The van der Waals surface area contributed by atoms with Crippen molar-refractivity contribution < 1.29 is 23.5 Å². The molecule has 0 aliphatic rings. The number of hydrogen-bond donors (Lipinski definition) is 2. The number of amides is 3. The number of urea groups is 1. The van der Waals surface area contributed by atoms with Crippen LogP contribution in [0.25, 0.3) is 11.0 Å². The summed E-state index contributed by atoms with van der Waals surface area (Å²) in [6.07, 6.45) is -1.30. The van der Waals surface area contributed by atoms with Crippen molar-refractivity contribution in [2.24, 2.45) is 0 Å². The van der Waals surface area contributed by atoms with Crippen molar-refractivity contribution in [1.29, 1.82) is 0 Å². The maximum absolute atomic E-state index is 12.7. The number of ether oxygens (including phenoxy) is 1. The van der Waals surface area contributed by atoms with Crippen LogP contribution in [0.15, 0.2) is 59.0 Å². The summed E-state index contributed by atoms with van der Waals surface area (Å²) < 4.78 is 11.0. The van der Waals surface area contributed by atoms with Crippen molar-refractivity contribution in [1.82, 2.24) is 10.6 Å². The molecule has 0 unspecified atom stereocenters. The standard InChI is InChI=1S/C20H18N2O5/c1-12-14-10-6-7-11-15(14)26-16(12)19(24)27-17(13-8-4-3-5-9-13)18(23)22-20(25)21-2/h3-11,17H,1-2H3,(H2,21,22,23,25)/t17-/m0/s1. The highest BCUT2D eigenvalue weighted by Gasteiger charge is 2.29. The molecule has 2 aromatic carbocycles. The van der Waals surface area contributed by atoms with Gasteiger partial charge in [-0.1, -0.05) is 48.5 Å². The quantitative estimate of drug-likeness (QED) is 0.692. The molecule has 3 amide bonds. The molecule has 7 nitrogen and oxygen atoms in total. The van der Waals surface area contributed by atoms with Crippen molar-refractivity contribution in [3.8, 4) is 0 Å². The summed E-state index contributed by atoms with van der Waals surface area (Å²) in [5.74, 6) is -1.53. The number of imide groups is 1. The normalized spacial score (nSPS) is 11.6. The van der Waals surface area contributed by atoms with Crippen molar-refractivity contribution in [3.63, 3.8) is 0 Å². The van der Waals surface area contributed by atoms with E-state index in [1.807, 2.05) is 12.1 Å². The first kappa shape index (κ1) is 18.2. The van der Waals surface area contributed by atoms with Crippen LogP contribution < -0.4 is 10.6 Å². The molecule has 0 aliphatic carbocycles. The van der Waals surface area contributed by atoms with Gasteiger partial charge >= 0.3 is 12.0 Å². The number of carbonyl (C=O) groups excluding carboxylic acids is 3. The SMILES string of the molecule is CNC(=O)NC(=O)[C@@H](OC(=O)c1oc2ccccc2c1C)c1ccccc1. The third kappa shape index (κ3) is 3.82. The zero-order valence-corrected chi connectivity index (χ0v) is 14.8. The predicted molar refractivity (Wildman–Crippen MR) is 98.1 cm³/mol. The van der Waals surface area contributed by atoms with E-state index in [4.69, 9.17) is 9.15 Å². The lowest BCUT2D eigenvalue weighted by Gasteiger charge is -2.17. The van der Waals surface area contributed by atoms with E-state index in [1.165, 1.54) is 7.05 Å². The number of aryl methyl sites for hydroxylation is 1. The van der Waals surface area contributed by atoms with Gasteiger partial charge in [-0.15, -0.1) is 0 Å². The van der Waals surface area contributed by atoms with E-state index in [2.05, 4.69) is 10.6 Å². The van der Waals surface area contributed by atoms with Gasteiger partial charge in [-0.25, -0.2) is 9.59 Å². The molecule has 27 heavy (non-hydrogen) atoms. The van der Waals surface area contributed by atoms with Crippen molar-refractivity contribution in [3.05, 3.63) is 71.5 Å². The van der Waals surface area contributed by atoms with Crippen LogP contribution in [0.3, 0.4) is 0 Å². The molecule has 0 fully saturated rings. The Kier molecular flexibility index (Phi) is 5.21. The zero-order chi connectivity index (χ0) is 19.4. The number of benzene rings is 2. The van der Waals surface area contributed by atoms with Gasteiger partial charge in [0.2, 0.25) is 11.9 Å². The average molecular weight is 366 g/mol. The second-order valence-corrected chi connectivity index (χ2v) is 5.82. The zero-order valence-electron chi connectivity index (χ0n) is 14.8. The molecule has 3 rings (SSSR count). The molecular formula is C20H18N2O5. The fraction of sp³-hybridized carbons (Fsp3) is 0.150. The molecule has 138 valence electrons. The summed E-state index contributed by atoms with van der Waals surface area (Å²) in [6.45, 7) is 1.74. The monoisotopic (exact) mass is 366 g/mol. The van der Waals surface area contributed by atoms with Crippen LogP contribution in [0.5, 0.6) is 0 Å². The molecule has 3 aromatic rings. The Morgan fingerprint density at radius 1 is 1.00 bits per heavy atom. The number of fused-ring (bicyclic) bond motifs is 1. The van der Waals surface area contributed by atoms with E-state index in [9.17, 15) is 14.4 Å². The van der Waals surface area contributed by atoms with Crippen LogP contribution in [-0.4, -0.2) is 25.0 Å². The third-order valence-electron chi connectivity index (χ3n) is 4.06. The van der Waals surface area contributed by atoms with Gasteiger partial charge in [0.1, 0.15) is 5.58 Å². The van der Waals surface area contributed by atoms with Crippen LogP contribution in [0.1, 0.15) is 27.8 Å². The lowest BCUT2D eigenvalue weighted by Crippen LogP contribution is -2.41. The molecule has 2 N–H and O–H groups in total. The molecule has 0 bridgehead atoms. The summed E-state index contributed by atoms with van der Waals surface area (Å²) in [7, 11) is 1.38. The van der Waals surface area contributed by atoms with Crippen LogP contribution in [-0.2, 0) is 9.53 Å². The van der Waals surface area contributed by atoms with Gasteiger partial charge < -0.3 is 14.5 Å². The summed E-state index contributed by atoms with van der Waals surface area (Å²) in [5, 5.41) is 5.20. The van der Waals surface area contributed by atoms with E-state index in [0.29, 0.717) is 16.7 Å². The summed E-state index contributed by atoms with van der Waals surface area (Å²) in [6, 6.07) is 14.9. The van der Waals surface area contributed by atoms with E-state index < -0.39 is 24.0 Å². The Balaban J connectivity index is 1.90. The second-order valence-electron chi connectivity index (χ2n) is 5.82. The maximum Gasteiger partial charge on any atom is 0.375 e. The van der Waals surface area contributed by atoms with Crippen molar-refractivity contribution in [2.45, 2.75) is 13.0 Å². The highest BCUT2D eigenvalue weighted by atomic mass is 16.6. The average Bonchev–Trinajstić information content (AvgIpc) is 3.03. The minimum absolute atomic E-state index is 0.0184. The Hall–Kier alpha value is -3.61. The smallest absolute Gasteiger partial charge is 0.375 e. The van der Waals surface area contributed by atoms with E-state index >= 15 is 0 Å². The number of para-hydroxylation sites is 1. The van der Waals surface area contributed by atoms with Gasteiger partial charge in [-0.3, -0.25) is 10.1 Å². The number of rotatable bonds is 4. The first-order valence-electron chi connectivity index (χ1n) is 8.28. The van der Waals surface area contributed by atoms with Gasteiger partial charge in [-0.05, 0) is 13.0 Å². The highest BCUT2D eigenvalue weighted by Crippen LogP contribution is 2.27. The van der Waals surface area contributed by atoms with Gasteiger partial charge in [0.05, 0.1) is 0 Å². The molecule has 1 aromatic heterocycles. The van der Waals surface area contributed by atoms with E-state index in [0.717, 1.165) is 5.39 Å². The number of esters is 1. The molecule has 1 atom stereocenters. The fourth-order valence-electron chi connectivity index (χ4n) is 2.67. The molecule has 0 aliphatic heterocycles. The number of furan rings is 1. The van der Waals surface area contributed by atoms with Gasteiger partial charge in [0.25, 0.3) is 5.91 Å². The fourth-order valence-corrected chi connectivity index (χ4v) is 2.67. The first-order chi connectivity index (χ1) is 13.0. The second kappa shape index (κ2) is 7.74. The number of nitrogens with one attached hydrogen (secondary N) is 2. The van der Waals surface area contributed by atoms with Gasteiger partial charge in [0.15, 0.2) is 0 Å². The Bertz CT molecular complexity index is 994. The summed E-state index contributed by atoms with van der Waals surface area (Å²) >= 11 is 0. The number of hydrogen-bond acceptors (Lipinski definition) is 5. The third-order valence-corrected chi connectivity index (χ3v) is 4.06. The van der Waals surface area contributed by atoms with Crippen LogP contribution in [0.2, 0.25) is 0 Å². The summed E-state index contributed by atoms with van der Waals surface area (Å²) in [4.78, 5) is 36.6.